The van der Waals surface area contributed by atoms with E-state index in [2.05, 4.69) is 27.0 Å². The zero-order chi connectivity index (χ0) is 20.5. The molecule has 1 amide bonds. The molecule has 2 atom stereocenters. The molecule has 0 unspecified atom stereocenters. The number of hydrogen-bond donors (Lipinski definition) is 1. The summed E-state index contributed by atoms with van der Waals surface area (Å²) in [6.45, 7) is 7.43. The molecule has 0 aliphatic carbocycles. The van der Waals surface area contributed by atoms with E-state index in [9.17, 15) is 4.79 Å². The Morgan fingerprint density at radius 1 is 1.13 bits per heavy atom. The molecule has 0 spiro atoms. The van der Waals surface area contributed by atoms with Gasteiger partial charge < -0.3 is 24.1 Å². The van der Waals surface area contributed by atoms with Crippen LogP contribution in [0.15, 0.2) is 34.9 Å². The molecule has 30 heavy (non-hydrogen) atoms. The van der Waals surface area contributed by atoms with Crippen molar-refractivity contribution in [1.82, 2.24) is 15.2 Å². The van der Waals surface area contributed by atoms with Crippen LogP contribution >= 0.6 is 0 Å². The number of ether oxygens (including phenoxy) is 2. The number of anilines is 1. The fraction of sp³-hybridized carbons (Fsp3) is 0.545. The van der Waals surface area contributed by atoms with Gasteiger partial charge in [-0.3, -0.25) is 9.69 Å². The van der Waals surface area contributed by atoms with Crippen molar-refractivity contribution < 1.29 is 18.7 Å². The summed E-state index contributed by atoms with van der Waals surface area (Å²) in [4.78, 5) is 21.5. The van der Waals surface area contributed by atoms with Gasteiger partial charge in [-0.15, -0.1) is 0 Å². The number of fused-ring (bicyclic) bond motifs is 3. The van der Waals surface area contributed by atoms with Gasteiger partial charge in [0.2, 0.25) is 5.88 Å². The number of rotatable bonds is 5. The highest BCUT2D eigenvalue weighted by Gasteiger charge is 2.40. The molecule has 4 saturated heterocycles. The quantitative estimate of drug-likeness (QED) is 0.808. The second kappa shape index (κ2) is 8.28. The molecular weight excluding hydrogens is 384 g/mol. The van der Waals surface area contributed by atoms with E-state index in [1.54, 1.807) is 30.5 Å². The molecule has 0 radical (unpaired) electrons. The van der Waals surface area contributed by atoms with Gasteiger partial charge >= 0.3 is 6.08 Å². The molecule has 6 rings (SSSR count). The van der Waals surface area contributed by atoms with Crippen LogP contribution in [0.25, 0.3) is 0 Å². The lowest BCUT2D eigenvalue weighted by molar-refractivity contribution is 0.0217. The third-order valence-corrected chi connectivity index (χ3v) is 6.59. The molecule has 4 aliphatic heterocycles. The van der Waals surface area contributed by atoms with Crippen molar-refractivity contribution in [1.29, 1.82) is 0 Å². The number of benzene rings is 1. The Bertz CT molecular complexity index is 868. The molecule has 4 aliphatic rings. The number of hydrogen-bond acceptors (Lipinski definition) is 7. The SMILES string of the molecule is C[C@H]1[C@H](NC(=O)c2ccc(Oc3ncc(N4CCOCC4)o3)cc2)C2CCN1CC2. The van der Waals surface area contributed by atoms with E-state index in [0.717, 1.165) is 26.2 Å². The lowest BCUT2D eigenvalue weighted by atomic mass is 9.79. The number of morpholine rings is 1. The highest BCUT2D eigenvalue weighted by molar-refractivity contribution is 5.94. The van der Waals surface area contributed by atoms with E-state index in [1.807, 2.05) is 0 Å². The van der Waals surface area contributed by atoms with Crippen molar-refractivity contribution >= 4 is 11.8 Å². The van der Waals surface area contributed by atoms with Gasteiger partial charge in [0.25, 0.3) is 5.91 Å². The Morgan fingerprint density at radius 2 is 1.87 bits per heavy atom. The second-order valence-corrected chi connectivity index (χ2v) is 8.30. The van der Waals surface area contributed by atoms with Crippen molar-refractivity contribution in [3.8, 4) is 11.8 Å². The highest BCUT2D eigenvalue weighted by atomic mass is 16.6. The third kappa shape index (κ3) is 3.89. The maximum Gasteiger partial charge on any atom is 0.400 e. The van der Waals surface area contributed by atoms with E-state index in [0.29, 0.717) is 42.4 Å². The molecule has 2 aromatic rings. The summed E-state index contributed by atoms with van der Waals surface area (Å²) in [5.74, 6) is 1.81. The zero-order valence-electron chi connectivity index (χ0n) is 17.3. The summed E-state index contributed by atoms with van der Waals surface area (Å²) in [6, 6.07) is 7.73. The van der Waals surface area contributed by atoms with E-state index >= 15 is 0 Å². The van der Waals surface area contributed by atoms with E-state index in [-0.39, 0.29) is 18.0 Å². The predicted molar refractivity (Wildman–Crippen MR) is 111 cm³/mol. The molecule has 1 aromatic heterocycles. The minimum atomic E-state index is -0.0297. The van der Waals surface area contributed by atoms with E-state index < -0.39 is 0 Å². The molecule has 8 heteroatoms. The van der Waals surface area contributed by atoms with Gasteiger partial charge in [0.1, 0.15) is 5.75 Å². The summed E-state index contributed by atoms with van der Waals surface area (Å²) < 4.78 is 16.8. The van der Waals surface area contributed by atoms with E-state index in [4.69, 9.17) is 13.9 Å². The molecular formula is C22H28N4O4. The Balaban J connectivity index is 1.19. The van der Waals surface area contributed by atoms with Crippen molar-refractivity contribution in [2.45, 2.75) is 31.8 Å². The summed E-state index contributed by atoms with van der Waals surface area (Å²) in [6.07, 6.45) is 4.20. The molecule has 0 saturated carbocycles. The van der Waals surface area contributed by atoms with Crippen LogP contribution in [-0.4, -0.2) is 67.3 Å². The van der Waals surface area contributed by atoms with Crippen molar-refractivity contribution in [2.75, 3.05) is 44.3 Å². The molecule has 5 heterocycles. The Morgan fingerprint density at radius 3 is 2.57 bits per heavy atom. The van der Waals surface area contributed by atoms with Crippen LogP contribution < -0.4 is 15.0 Å². The maximum absolute atomic E-state index is 12.8. The summed E-state index contributed by atoms with van der Waals surface area (Å²) in [5.41, 5.74) is 0.632. The van der Waals surface area contributed by atoms with Crippen molar-refractivity contribution in [3.63, 3.8) is 0 Å². The molecule has 1 aromatic carbocycles. The number of carbonyl (C=O) groups excluding carboxylic acids is 1. The van der Waals surface area contributed by atoms with Gasteiger partial charge in [0.05, 0.1) is 19.4 Å². The predicted octanol–water partition coefficient (Wildman–Crippen LogP) is 2.52. The molecule has 2 bridgehead atoms. The van der Waals surface area contributed by atoms with Gasteiger partial charge in [0, 0.05) is 30.7 Å². The number of oxazole rings is 1. The van der Waals surface area contributed by atoms with Crippen LogP contribution in [0, 0.1) is 5.92 Å². The number of carbonyl (C=O) groups is 1. The number of aromatic nitrogens is 1. The van der Waals surface area contributed by atoms with E-state index in [1.165, 1.54) is 12.8 Å². The Hall–Kier alpha value is -2.58. The van der Waals surface area contributed by atoms with Gasteiger partial charge in [-0.25, -0.2) is 0 Å². The summed E-state index contributed by atoms with van der Waals surface area (Å²) >= 11 is 0. The van der Waals surface area contributed by atoms with Gasteiger partial charge in [0.15, 0.2) is 0 Å². The average Bonchev–Trinajstić information content (AvgIpc) is 3.26. The zero-order valence-corrected chi connectivity index (χ0v) is 17.3. The Kier molecular flexibility index (Phi) is 5.35. The largest absolute Gasteiger partial charge is 0.411 e. The standard InChI is InChI=1S/C22H28N4O4/c1-15-20(16-6-8-25(15)9-7-16)24-21(27)17-2-4-18(5-3-17)29-22-23-14-19(30-22)26-10-12-28-13-11-26/h2-5,14-16,20H,6-13H2,1H3,(H,24,27)/t15-,20-/m0/s1. The summed E-state index contributed by atoms with van der Waals surface area (Å²) in [7, 11) is 0. The van der Waals surface area contributed by atoms with Gasteiger partial charge in [-0.05, 0) is 63.0 Å². The molecule has 160 valence electrons. The van der Waals surface area contributed by atoms with Crippen molar-refractivity contribution in [3.05, 3.63) is 36.0 Å². The first-order valence-electron chi connectivity index (χ1n) is 10.8. The normalized spacial score (nSPS) is 28.4. The first-order chi connectivity index (χ1) is 14.7. The highest BCUT2D eigenvalue weighted by Crippen LogP contribution is 2.32. The van der Waals surface area contributed by atoms with Crippen LogP contribution in [0.4, 0.5) is 5.88 Å². The monoisotopic (exact) mass is 412 g/mol. The topological polar surface area (TPSA) is 80.1 Å². The van der Waals surface area contributed by atoms with Crippen LogP contribution in [0.3, 0.4) is 0 Å². The van der Waals surface area contributed by atoms with Crippen LogP contribution in [0.2, 0.25) is 0 Å². The second-order valence-electron chi connectivity index (χ2n) is 8.30. The molecule has 1 N–H and O–H groups in total. The lowest BCUT2D eigenvalue weighted by Gasteiger charge is -2.49. The fourth-order valence-electron chi connectivity index (χ4n) is 4.78. The fourth-order valence-corrected chi connectivity index (χ4v) is 4.78. The minimum absolute atomic E-state index is 0.0297. The molecule has 4 fully saturated rings. The first kappa shape index (κ1) is 19.4. The average molecular weight is 412 g/mol. The number of amides is 1. The summed E-state index contributed by atoms with van der Waals surface area (Å²) in [5, 5.41) is 3.26. The molecule has 8 nitrogen and oxygen atoms in total. The number of nitrogens with one attached hydrogen (secondary N) is 1. The number of nitrogens with zero attached hydrogens (tertiary/aromatic N) is 3. The van der Waals surface area contributed by atoms with Gasteiger partial charge in [-0.1, -0.05) is 0 Å². The van der Waals surface area contributed by atoms with Gasteiger partial charge in [-0.2, -0.15) is 4.98 Å². The Labute approximate surface area is 176 Å². The maximum atomic E-state index is 12.8. The minimum Gasteiger partial charge on any atom is -0.411 e. The van der Waals surface area contributed by atoms with Crippen LogP contribution in [0.5, 0.6) is 11.8 Å². The lowest BCUT2D eigenvalue weighted by Crippen LogP contribution is -2.62. The smallest absolute Gasteiger partial charge is 0.400 e. The third-order valence-electron chi connectivity index (χ3n) is 6.59. The van der Waals surface area contributed by atoms with Crippen molar-refractivity contribution in [2.24, 2.45) is 5.92 Å². The van der Waals surface area contributed by atoms with Crippen LogP contribution in [0.1, 0.15) is 30.1 Å². The first-order valence-corrected chi connectivity index (χ1v) is 10.8. The van der Waals surface area contributed by atoms with Crippen LogP contribution in [-0.2, 0) is 4.74 Å². The number of piperidine rings is 3.